The molecule has 0 saturated carbocycles. The highest BCUT2D eigenvalue weighted by atomic mass is 19.3. The van der Waals surface area contributed by atoms with Crippen molar-refractivity contribution in [3.05, 3.63) is 41.7 Å². The zero-order chi connectivity index (χ0) is 13.3. The van der Waals surface area contributed by atoms with Crippen molar-refractivity contribution in [1.82, 2.24) is 9.78 Å². The van der Waals surface area contributed by atoms with Crippen molar-refractivity contribution < 1.29 is 13.5 Å². The second-order valence-electron chi connectivity index (χ2n) is 4.19. The number of benzene rings is 1. The van der Waals surface area contributed by atoms with E-state index in [-0.39, 0.29) is 5.56 Å². The van der Waals surface area contributed by atoms with Crippen LogP contribution in [0.4, 0.5) is 8.78 Å². The van der Waals surface area contributed by atoms with Crippen molar-refractivity contribution in [1.29, 1.82) is 0 Å². The smallest absolute Gasteiger partial charge is 0.273 e. The largest absolute Gasteiger partial charge is 0.494 e. The van der Waals surface area contributed by atoms with Gasteiger partial charge in [-0.05, 0) is 18.6 Å². The van der Waals surface area contributed by atoms with Crippen LogP contribution in [0.25, 0.3) is 5.69 Å². The summed E-state index contributed by atoms with van der Waals surface area (Å²) in [6.45, 7) is 2.73. The molecule has 18 heavy (non-hydrogen) atoms. The minimum atomic E-state index is -2.89. The molecule has 0 radical (unpaired) electrons. The Morgan fingerprint density at radius 2 is 2.06 bits per heavy atom. The minimum Gasteiger partial charge on any atom is -0.494 e. The van der Waals surface area contributed by atoms with Crippen LogP contribution in [-0.4, -0.2) is 16.9 Å². The minimum absolute atomic E-state index is 0.118. The second kappa shape index (κ2) is 4.40. The average molecular weight is 252 g/mol. The first-order valence-corrected chi connectivity index (χ1v) is 5.50. The molecule has 0 N–H and O–H groups in total. The van der Waals surface area contributed by atoms with Crippen LogP contribution in [0.3, 0.4) is 0 Å². The van der Waals surface area contributed by atoms with Crippen LogP contribution in [-0.2, 0) is 5.92 Å². The Balaban J connectivity index is 2.53. The number of ether oxygens (including phenoxy) is 1. The SMILES string of the molecule is COc1cccc(C)c1-n1cc(C(C)(F)F)cn1. The lowest BCUT2D eigenvalue weighted by Crippen LogP contribution is -2.05. The normalized spacial score (nSPS) is 11.6. The molecule has 96 valence electrons. The maximum absolute atomic E-state index is 13.2. The highest BCUT2D eigenvalue weighted by molar-refractivity contribution is 5.52. The summed E-state index contributed by atoms with van der Waals surface area (Å²) in [5.41, 5.74) is 1.46. The maximum atomic E-state index is 13.2. The highest BCUT2D eigenvalue weighted by Crippen LogP contribution is 2.30. The van der Waals surface area contributed by atoms with E-state index in [2.05, 4.69) is 5.10 Å². The molecule has 0 spiro atoms. The van der Waals surface area contributed by atoms with E-state index in [0.717, 1.165) is 12.5 Å². The van der Waals surface area contributed by atoms with Gasteiger partial charge in [0.1, 0.15) is 11.4 Å². The van der Waals surface area contributed by atoms with Gasteiger partial charge < -0.3 is 4.74 Å². The molecule has 1 aromatic carbocycles. The van der Waals surface area contributed by atoms with Crippen molar-refractivity contribution in [2.24, 2.45) is 0 Å². The van der Waals surface area contributed by atoms with E-state index in [1.165, 1.54) is 24.2 Å². The van der Waals surface area contributed by atoms with Crippen LogP contribution in [0.2, 0.25) is 0 Å². The quantitative estimate of drug-likeness (QED) is 0.838. The maximum Gasteiger partial charge on any atom is 0.273 e. The number of para-hydroxylation sites is 1. The third kappa shape index (κ3) is 2.20. The third-order valence-corrected chi connectivity index (χ3v) is 2.74. The molecule has 0 unspecified atom stereocenters. The number of nitrogens with zero attached hydrogens (tertiary/aromatic N) is 2. The summed E-state index contributed by atoms with van der Waals surface area (Å²) in [5.74, 6) is -2.29. The van der Waals surface area contributed by atoms with Gasteiger partial charge in [0, 0.05) is 13.1 Å². The second-order valence-corrected chi connectivity index (χ2v) is 4.19. The third-order valence-electron chi connectivity index (χ3n) is 2.74. The Kier molecular flexibility index (Phi) is 3.07. The molecule has 3 nitrogen and oxygen atoms in total. The first-order chi connectivity index (χ1) is 8.43. The highest BCUT2D eigenvalue weighted by Gasteiger charge is 2.26. The Labute approximate surface area is 104 Å². The van der Waals surface area contributed by atoms with Crippen LogP contribution in [0.15, 0.2) is 30.6 Å². The van der Waals surface area contributed by atoms with E-state index in [1.807, 2.05) is 19.1 Å². The van der Waals surface area contributed by atoms with Gasteiger partial charge in [-0.25, -0.2) is 13.5 Å². The Morgan fingerprint density at radius 1 is 1.33 bits per heavy atom. The Hall–Kier alpha value is -1.91. The molecule has 0 atom stereocenters. The summed E-state index contributed by atoms with van der Waals surface area (Å²) >= 11 is 0. The molecule has 2 rings (SSSR count). The van der Waals surface area contributed by atoms with Gasteiger partial charge in [-0.1, -0.05) is 12.1 Å². The van der Waals surface area contributed by atoms with Crippen molar-refractivity contribution in [3.63, 3.8) is 0 Å². The standard InChI is InChI=1S/C13H14F2N2O/c1-9-5-4-6-11(18-3)12(9)17-8-10(7-16-17)13(2,14)15/h4-8H,1-3H3. The summed E-state index contributed by atoms with van der Waals surface area (Å²) < 4.78 is 33.0. The fourth-order valence-electron chi connectivity index (χ4n) is 1.76. The van der Waals surface area contributed by atoms with Gasteiger partial charge in [0.15, 0.2) is 0 Å². The van der Waals surface area contributed by atoms with Gasteiger partial charge in [-0.2, -0.15) is 5.10 Å². The lowest BCUT2D eigenvalue weighted by Gasteiger charge is -2.11. The van der Waals surface area contributed by atoms with Crippen LogP contribution >= 0.6 is 0 Å². The van der Waals surface area contributed by atoms with Crippen molar-refractivity contribution >= 4 is 0 Å². The number of aromatic nitrogens is 2. The molecule has 0 aliphatic heterocycles. The molecule has 0 amide bonds. The summed E-state index contributed by atoms with van der Waals surface area (Å²) in [4.78, 5) is 0. The summed E-state index contributed by atoms with van der Waals surface area (Å²) in [6.07, 6.45) is 2.50. The monoisotopic (exact) mass is 252 g/mol. The number of aryl methyl sites for hydroxylation is 1. The molecular weight excluding hydrogens is 238 g/mol. The number of alkyl halides is 2. The molecule has 0 fully saturated rings. The molecular formula is C13H14F2N2O. The van der Waals surface area contributed by atoms with Crippen LogP contribution in [0, 0.1) is 6.92 Å². The van der Waals surface area contributed by atoms with E-state index in [0.29, 0.717) is 11.4 Å². The molecule has 5 heteroatoms. The number of rotatable bonds is 3. The number of methoxy groups -OCH3 is 1. The molecule has 0 saturated heterocycles. The first kappa shape index (κ1) is 12.5. The number of hydrogen-bond acceptors (Lipinski definition) is 2. The molecule has 0 aliphatic rings. The molecule has 0 aliphatic carbocycles. The average Bonchev–Trinajstić information content (AvgIpc) is 2.77. The van der Waals surface area contributed by atoms with Crippen LogP contribution in [0.1, 0.15) is 18.1 Å². The first-order valence-electron chi connectivity index (χ1n) is 5.50. The van der Waals surface area contributed by atoms with Crippen LogP contribution < -0.4 is 4.74 Å². The topological polar surface area (TPSA) is 27.1 Å². The molecule has 1 heterocycles. The summed E-state index contributed by atoms with van der Waals surface area (Å²) in [7, 11) is 1.54. The lowest BCUT2D eigenvalue weighted by atomic mass is 10.2. The Morgan fingerprint density at radius 3 is 2.61 bits per heavy atom. The predicted molar refractivity (Wildman–Crippen MR) is 64.4 cm³/mol. The van der Waals surface area contributed by atoms with Gasteiger partial charge in [0.2, 0.25) is 0 Å². The zero-order valence-electron chi connectivity index (χ0n) is 10.4. The molecule has 1 aromatic heterocycles. The molecule has 0 bridgehead atoms. The predicted octanol–water partition coefficient (Wildman–Crippen LogP) is 3.30. The number of hydrogen-bond donors (Lipinski definition) is 0. The van der Waals surface area contributed by atoms with Gasteiger partial charge in [-0.3, -0.25) is 0 Å². The van der Waals surface area contributed by atoms with Gasteiger partial charge in [0.25, 0.3) is 5.92 Å². The lowest BCUT2D eigenvalue weighted by molar-refractivity contribution is 0.0174. The summed E-state index contributed by atoms with van der Waals surface area (Å²) in [6, 6.07) is 5.49. The fourth-order valence-corrected chi connectivity index (χ4v) is 1.76. The summed E-state index contributed by atoms with van der Waals surface area (Å²) in [5, 5.41) is 3.98. The Bertz CT molecular complexity index is 558. The van der Waals surface area contributed by atoms with Crippen LogP contribution in [0.5, 0.6) is 5.75 Å². The van der Waals surface area contributed by atoms with E-state index in [4.69, 9.17) is 4.74 Å². The van der Waals surface area contributed by atoms with Gasteiger partial charge in [-0.15, -0.1) is 0 Å². The van der Waals surface area contributed by atoms with E-state index in [1.54, 1.807) is 6.07 Å². The van der Waals surface area contributed by atoms with Gasteiger partial charge >= 0.3 is 0 Å². The van der Waals surface area contributed by atoms with E-state index < -0.39 is 5.92 Å². The van der Waals surface area contributed by atoms with Crippen molar-refractivity contribution in [2.45, 2.75) is 19.8 Å². The molecule has 2 aromatic rings. The van der Waals surface area contributed by atoms with E-state index >= 15 is 0 Å². The van der Waals surface area contributed by atoms with Crippen molar-refractivity contribution in [2.75, 3.05) is 7.11 Å². The number of halogens is 2. The van der Waals surface area contributed by atoms with Gasteiger partial charge in [0.05, 0.1) is 18.9 Å². The van der Waals surface area contributed by atoms with E-state index in [9.17, 15) is 8.78 Å². The van der Waals surface area contributed by atoms with Crippen molar-refractivity contribution in [3.8, 4) is 11.4 Å². The zero-order valence-corrected chi connectivity index (χ0v) is 10.4. The fraction of sp³-hybridized carbons (Fsp3) is 0.308.